The zero-order chi connectivity index (χ0) is 30.5. The Morgan fingerprint density at radius 2 is 1.71 bits per heavy atom. The average Bonchev–Trinajstić information content (AvgIpc) is 3.33. The van der Waals surface area contributed by atoms with Crippen LogP contribution in [0.5, 0.6) is 0 Å². The van der Waals surface area contributed by atoms with Crippen molar-refractivity contribution in [2.45, 2.75) is 62.9 Å². The number of fused-ring (bicyclic) bond motifs is 1. The standard InChI is InChI=1S/C26H40N8O6S/c1-14(35)21(24(38)33-20(25(39)40)12-15-13-31-18-7-4-3-6-16(15)18)34-23(37)19(8-5-10-30-26(28)29)32-22(36)17(27)9-11-41-2/h3-4,6-7,13-14,17,19-21,31,35H,5,8-12,27H2,1-2H3,(H,32,36)(H,33,38)(H,34,37)(H,39,40)(H4,28,29,30). The number of amides is 3. The highest BCUT2D eigenvalue weighted by atomic mass is 32.2. The lowest BCUT2D eigenvalue weighted by Crippen LogP contribution is -2.60. The van der Waals surface area contributed by atoms with Crippen molar-refractivity contribution in [1.29, 1.82) is 0 Å². The maximum absolute atomic E-state index is 13.2. The van der Waals surface area contributed by atoms with Gasteiger partial charge in [-0.05, 0) is 49.8 Å². The summed E-state index contributed by atoms with van der Waals surface area (Å²) in [5.41, 5.74) is 18.1. The number of aromatic nitrogens is 1. The van der Waals surface area contributed by atoms with E-state index in [2.05, 4.69) is 25.9 Å². The van der Waals surface area contributed by atoms with Gasteiger partial charge in [0, 0.05) is 30.1 Å². The van der Waals surface area contributed by atoms with Crippen LogP contribution in [0.2, 0.25) is 0 Å². The maximum atomic E-state index is 13.2. The third kappa shape index (κ3) is 10.6. The third-order valence-corrected chi connectivity index (χ3v) is 6.97. The molecule has 3 amide bonds. The summed E-state index contributed by atoms with van der Waals surface area (Å²) in [6, 6.07) is 2.50. The van der Waals surface area contributed by atoms with Crippen LogP contribution >= 0.6 is 11.8 Å². The van der Waals surface area contributed by atoms with Crippen molar-refractivity contribution in [3.8, 4) is 0 Å². The minimum absolute atomic E-state index is 0.0387. The van der Waals surface area contributed by atoms with Crippen LogP contribution in [0.4, 0.5) is 0 Å². The molecule has 41 heavy (non-hydrogen) atoms. The number of carbonyl (C=O) groups excluding carboxylic acids is 3. The molecule has 0 saturated heterocycles. The van der Waals surface area contributed by atoms with Crippen molar-refractivity contribution in [2.24, 2.45) is 22.2 Å². The molecule has 1 aromatic carbocycles. The van der Waals surface area contributed by atoms with E-state index in [9.17, 15) is 29.4 Å². The van der Waals surface area contributed by atoms with Crippen molar-refractivity contribution in [2.75, 3.05) is 18.6 Å². The lowest BCUT2D eigenvalue weighted by atomic mass is 10.0. The Morgan fingerprint density at radius 3 is 2.34 bits per heavy atom. The molecule has 1 aromatic heterocycles. The van der Waals surface area contributed by atoms with Crippen LogP contribution in [-0.2, 0) is 25.6 Å². The number of nitrogens with one attached hydrogen (secondary N) is 4. The summed E-state index contributed by atoms with van der Waals surface area (Å²) in [6.07, 6.45) is 2.93. The second-order valence-electron chi connectivity index (χ2n) is 9.59. The number of aliphatic carboxylic acids is 1. The SMILES string of the molecule is CSCCC(N)C(=O)NC(CCCN=C(N)N)C(=O)NC(C(=O)NC(Cc1c[nH]c2ccccc12)C(=O)O)C(C)O. The largest absolute Gasteiger partial charge is 0.480 e. The molecule has 0 saturated carbocycles. The van der Waals surface area contributed by atoms with Gasteiger partial charge in [-0.15, -0.1) is 0 Å². The number of aromatic amines is 1. The number of aliphatic hydroxyl groups is 1. The number of aliphatic hydroxyl groups excluding tert-OH is 1. The molecular formula is C26H40N8O6S. The van der Waals surface area contributed by atoms with Gasteiger partial charge in [0.05, 0.1) is 12.1 Å². The molecule has 14 nitrogen and oxygen atoms in total. The lowest BCUT2D eigenvalue weighted by Gasteiger charge is -2.26. The van der Waals surface area contributed by atoms with Gasteiger partial charge in [0.1, 0.15) is 18.1 Å². The van der Waals surface area contributed by atoms with Gasteiger partial charge in [-0.1, -0.05) is 18.2 Å². The lowest BCUT2D eigenvalue weighted by molar-refractivity contribution is -0.143. The molecule has 0 aliphatic heterocycles. The van der Waals surface area contributed by atoms with Gasteiger partial charge in [-0.25, -0.2) is 4.79 Å². The molecular weight excluding hydrogens is 552 g/mol. The molecule has 15 heteroatoms. The molecule has 5 atom stereocenters. The monoisotopic (exact) mass is 592 g/mol. The Balaban J connectivity index is 2.15. The first-order chi connectivity index (χ1) is 19.4. The number of carbonyl (C=O) groups is 4. The quantitative estimate of drug-likeness (QED) is 0.0600. The fourth-order valence-electron chi connectivity index (χ4n) is 4.07. The van der Waals surface area contributed by atoms with Crippen molar-refractivity contribution >= 4 is 52.3 Å². The molecule has 5 unspecified atom stereocenters. The van der Waals surface area contributed by atoms with E-state index in [0.29, 0.717) is 24.2 Å². The van der Waals surface area contributed by atoms with Crippen molar-refractivity contribution in [1.82, 2.24) is 20.9 Å². The Bertz CT molecular complexity index is 1220. The van der Waals surface area contributed by atoms with Crippen molar-refractivity contribution < 1.29 is 29.4 Å². The van der Waals surface area contributed by atoms with Gasteiger partial charge in [0.25, 0.3) is 0 Å². The zero-order valence-corrected chi connectivity index (χ0v) is 23.9. The highest BCUT2D eigenvalue weighted by Crippen LogP contribution is 2.19. The number of hydrogen-bond donors (Lipinski definition) is 9. The number of H-pyrrole nitrogens is 1. The van der Waals surface area contributed by atoms with Crippen LogP contribution in [-0.4, -0.2) is 93.7 Å². The number of para-hydroxylation sites is 1. The Morgan fingerprint density at radius 1 is 1.02 bits per heavy atom. The zero-order valence-electron chi connectivity index (χ0n) is 23.1. The Kier molecular flexibility index (Phi) is 13.4. The second kappa shape index (κ2) is 16.4. The first-order valence-corrected chi connectivity index (χ1v) is 14.5. The summed E-state index contributed by atoms with van der Waals surface area (Å²) >= 11 is 1.52. The number of benzene rings is 1. The number of thioether (sulfide) groups is 1. The fourth-order valence-corrected chi connectivity index (χ4v) is 4.56. The van der Waals surface area contributed by atoms with Gasteiger partial charge >= 0.3 is 5.97 Å². The number of carboxylic acids is 1. The highest BCUT2D eigenvalue weighted by molar-refractivity contribution is 7.98. The molecule has 1 heterocycles. The molecule has 0 radical (unpaired) electrons. The van der Waals surface area contributed by atoms with Crippen LogP contribution in [0, 0.1) is 0 Å². The Labute approximate surface area is 242 Å². The molecule has 12 N–H and O–H groups in total. The second-order valence-corrected chi connectivity index (χ2v) is 10.6. The van der Waals surface area contributed by atoms with Gasteiger partial charge in [0.15, 0.2) is 5.96 Å². The number of aliphatic imine (C=N–C) groups is 1. The minimum Gasteiger partial charge on any atom is -0.480 e. The molecule has 2 aromatic rings. The van der Waals surface area contributed by atoms with E-state index in [0.717, 1.165) is 10.9 Å². The van der Waals surface area contributed by atoms with E-state index in [-0.39, 0.29) is 25.3 Å². The summed E-state index contributed by atoms with van der Waals surface area (Å²) < 4.78 is 0. The molecule has 0 bridgehead atoms. The van der Waals surface area contributed by atoms with E-state index in [1.54, 1.807) is 6.20 Å². The predicted octanol–water partition coefficient (Wildman–Crippen LogP) is -1.24. The van der Waals surface area contributed by atoms with Gasteiger partial charge < -0.3 is 48.3 Å². The summed E-state index contributed by atoms with van der Waals surface area (Å²) in [6.45, 7) is 1.47. The van der Waals surface area contributed by atoms with E-state index >= 15 is 0 Å². The topological polar surface area (TPSA) is 251 Å². The van der Waals surface area contributed by atoms with E-state index in [1.165, 1.54) is 18.7 Å². The summed E-state index contributed by atoms with van der Waals surface area (Å²) in [5.74, 6) is -2.98. The smallest absolute Gasteiger partial charge is 0.326 e. The van der Waals surface area contributed by atoms with Crippen LogP contribution in [0.15, 0.2) is 35.5 Å². The van der Waals surface area contributed by atoms with Crippen LogP contribution in [0.25, 0.3) is 10.9 Å². The number of nitrogens with zero attached hydrogens (tertiary/aromatic N) is 1. The number of carboxylic acid groups (broad SMARTS) is 1. The fraction of sp³-hybridized carbons (Fsp3) is 0.500. The first-order valence-electron chi connectivity index (χ1n) is 13.1. The van der Waals surface area contributed by atoms with Crippen LogP contribution in [0.3, 0.4) is 0 Å². The molecule has 226 valence electrons. The molecule has 0 aliphatic carbocycles. The van der Waals surface area contributed by atoms with E-state index < -0.39 is 54.0 Å². The van der Waals surface area contributed by atoms with Crippen molar-refractivity contribution in [3.63, 3.8) is 0 Å². The summed E-state index contributed by atoms with van der Waals surface area (Å²) in [4.78, 5) is 57.9. The third-order valence-electron chi connectivity index (χ3n) is 6.32. The Hall–Kier alpha value is -3.82. The van der Waals surface area contributed by atoms with Gasteiger partial charge in [-0.3, -0.25) is 19.4 Å². The average molecular weight is 593 g/mol. The first kappa shape index (κ1) is 33.4. The normalized spacial score (nSPS) is 14.7. The molecule has 0 fully saturated rings. The molecule has 2 rings (SSSR count). The number of guanidine groups is 1. The van der Waals surface area contributed by atoms with Gasteiger partial charge in [-0.2, -0.15) is 11.8 Å². The summed E-state index contributed by atoms with van der Waals surface area (Å²) in [7, 11) is 0. The molecule has 0 aliphatic rings. The maximum Gasteiger partial charge on any atom is 0.326 e. The number of hydrogen-bond acceptors (Lipinski definition) is 8. The summed E-state index contributed by atoms with van der Waals surface area (Å²) in [5, 5.41) is 28.4. The predicted molar refractivity (Wildman–Crippen MR) is 158 cm³/mol. The number of rotatable bonds is 17. The minimum atomic E-state index is -1.51. The van der Waals surface area contributed by atoms with Crippen molar-refractivity contribution in [3.05, 3.63) is 36.0 Å². The van der Waals surface area contributed by atoms with E-state index in [4.69, 9.17) is 17.2 Å². The highest BCUT2D eigenvalue weighted by Gasteiger charge is 2.33. The number of nitrogens with two attached hydrogens (primary N) is 3. The van der Waals surface area contributed by atoms with Gasteiger partial charge in [0.2, 0.25) is 17.7 Å². The van der Waals surface area contributed by atoms with Crippen LogP contribution < -0.4 is 33.2 Å². The van der Waals surface area contributed by atoms with Crippen LogP contribution in [0.1, 0.15) is 31.7 Å². The molecule has 0 spiro atoms. The van der Waals surface area contributed by atoms with E-state index in [1.807, 2.05) is 30.5 Å².